The molecular weight excluding hydrogens is 626 g/mol. The number of halogens is 8. The SMILES string of the molecule is CCC1N(C(=O)c2cnccc2C(F)(F)F)CCC[C@@]1(Oc1ccc(C(F)(F)F)cc1)C(=O)N1CCC(c2c(F)cccc2F)C1. The Labute approximate surface area is 259 Å². The van der Waals surface area contributed by atoms with Crippen LogP contribution in [-0.4, -0.2) is 57.9 Å². The number of rotatable bonds is 6. The van der Waals surface area contributed by atoms with Crippen LogP contribution < -0.4 is 4.74 Å². The molecule has 46 heavy (non-hydrogen) atoms. The fraction of sp³-hybridized carbons (Fsp3) is 0.406. The lowest BCUT2D eigenvalue weighted by Gasteiger charge is -2.49. The quantitative estimate of drug-likeness (QED) is 0.263. The number of likely N-dealkylation sites (tertiary alicyclic amines) is 2. The van der Waals surface area contributed by atoms with E-state index in [1.54, 1.807) is 6.92 Å². The summed E-state index contributed by atoms with van der Waals surface area (Å²) in [4.78, 5) is 34.4. The normalized spacial score (nSPS) is 22.2. The molecule has 2 aliphatic rings. The number of aromatic nitrogens is 1. The number of amides is 2. The van der Waals surface area contributed by atoms with Crippen LogP contribution in [0.2, 0.25) is 0 Å². The van der Waals surface area contributed by atoms with Crippen LogP contribution in [0.4, 0.5) is 35.1 Å². The molecule has 5 rings (SSSR count). The molecule has 1 aromatic heterocycles. The predicted molar refractivity (Wildman–Crippen MR) is 149 cm³/mol. The second-order valence-electron chi connectivity index (χ2n) is 11.3. The van der Waals surface area contributed by atoms with E-state index in [1.807, 2.05) is 0 Å². The van der Waals surface area contributed by atoms with Gasteiger partial charge in [-0.2, -0.15) is 26.3 Å². The van der Waals surface area contributed by atoms with E-state index >= 15 is 0 Å². The zero-order valence-electron chi connectivity index (χ0n) is 24.5. The molecule has 2 aliphatic heterocycles. The van der Waals surface area contributed by atoms with Crippen molar-refractivity contribution < 1.29 is 49.4 Å². The van der Waals surface area contributed by atoms with Gasteiger partial charge in [-0.25, -0.2) is 8.78 Å². The molecule has 2 amide bonds. The van der Waals surface area contributed by atoms with Gasteiger partial charge in [-0.1, -0.05) is 13.0 Å². The maximum Gasteiger partial charge on any atom is 0.417 e. The lowest BCUT2D eigenvalue weighted by atomic mass is 9.80. The van der Waals surface area contributed by atoms with Gasteiger partial charge in [0.1, 0.15) is 17.4 Å². The molecule has 0 saturated carbocycles. The second-order valence-corrected chi connectivity index (χ2v) is 11.3. The molecule has 14 heteroatoms. The van der Waals surface area contributed by atoms with E-state index < -0.39 is 70.1 Å². The zero-order valence-corrected chi connectivity index (χ0v) is 24.5. The lowest BCUT2D eigenvalue weighted by molar-refractivity contribution is -0.158. The molecule has 2 saturated heterocycles. The monoisotopic (exact) mass is 655 g/mol. The van der Waals surface area contributed by atoms with Crippen molar-refractivity contribution in [1.29, 1.82) is 0 Å². The molecule has 0 spiro atoms. The maximum atomic E-state index is 14.6. The first kappa shape index (κ1) is 33.1. The summed E-state index contributed by atoms with van der Waals surface area (Å²) in [6, 6.07) is 6.48. The molecule has 246 valence electrons. The van der Waals surface area contributed by atoms with Gasteiger partial charge in [-0.05, 0) is 61.7 Å². The Kier molecular flexibility index (Phi) is 9.02. The predicted octanol–water partition coefficient (Wildman–Crippen LogP) is 7.25. The molecule has 2 unspecified atom stereocenters. The van der Waals surface area contributed by atoms with Gasteiger partial charge in [0.05, 0.1) is 22.7 Å². The van der Waals surface area contributed by atoms with Crippen molar-refractivity contribution in [3.05, 3.63) is 94.8 Å². The maximum absolute atomic E-state index is 14.6. The van der Waals surface area contributed by atoms with Crippen LogP contribution >= 0.6 is 0 Å². The number of benzene rings is 2. The minimum Gasteiger partial charge on any atom is -0.475 e. The molecule has 6 nitrogen and oxygen atoms in total. The Bertz CT molecular complexity index is 1570. The molecular formula is C32H29F8N3O3. The minimum absolute atomic E-state index is 0.0128. The Hall–Kier alpha value is -4.23. The van der Waals surface area contributed by atoms with E-state index in [2.05, 4.69) is 4.98 Å². The van der Waals surface area contributed by atoms with Gasteiger partial charge >= 0.3 is 12.4 Å². The first-order chi connectivity index (χ1) is 21.7. The first-order valence-electron chi connectivity index (χ1n) is 14.6. The summed E-state index contributed by atoms with van der Waals surface area (Å²) in [6.45, 7) is 1.47. The standard InChI is InChI=1S/C32H29F8N3O3/c1-2-26-30(46-21-9-7-20(8-10-21)31(35,36)37,29(45)42-16-12-19(18-42)27-24(33)5-3-6-25(27)34)13-4-15-43(26)28(44)22-17-41-14-11-23(22)32(38,39)40/h3,5-11,14,17,19,26H,2,4,12-13,15-16,18H2,1H3/t19?,26?,30-/m0/s1. The van der Waals surface area contributed by atoms with E-state index in [1.165, 1.54) is 11.0 Å². The number of pyridine rings is 1. The molecule has 2 fully saturated rings. The fourth-order valence-corrected chi connectivity index (χ4v) is 6.53. The molecule has 2 aromatic carbocycles. The van der Waals surface area contributed by atoms with Gasteiger partial charge < -0.3 is 14.5 Å². The zero-order chi connectivity index (χ0) is 33.4. The topological polar surface area (TPSA) is 62.7 Å². The summed E-state index contributed by atoms with van der Waals surface area (Å²) in [5.74, 6) is -4.17. The van der Waals surface area contributed by atoms with Crippen molar-refractivity contribution in [3.8, 4) is 5.75 Å². The Morgan fingerprint density at radius 3 is 2.24 bits per heavy atom. The summed E-state index contributed by atoms with van der Waals surface area (Å²) in [5.41, 5.74) is -5.08. The van der Waals surface area contributed by atoms with Crippen LogP contribution in [0.3, 0.4) is 0 Å². The third kappa shape index (κ3) is 6.25. The van der Waals surface area contributed by atoms with Crippen LogP contribution in [0.5, 0.6) is 5.75 Å². The highest BCUT2D eigenvalue weighted by Gasteiger charge is 2.56. The number of hydrogen-bond acceptors (Lipinski definition) is 4. The Morgan fingerprint density at radius 2 is 1.63 bits per heavy atom. The van der Waals surface area contributed by atoms with Gasteiger partial charge in [0.25, 0.3) is 11.8 Å². The highest BCUT2D eigenvalue weighted by Crippen LogP contribution is 2.41. The van der Waals surface area contributed by atoms with Crippen LogP contribution in [0, 0.1) is 11.6 Å². The van der Waals surface area contributed by atoms with Crippen LogP contribution in [0.15, 0.2) is 60.9 Å². The van der Waals surface area contributed by atoms with E-state index in [0.717, 1.165) is 53.7 Å². The largest absolute Gasteiger partial charge is 0.475 e. The third-order valence-electron chi connectivity index (χ3n) is 8.59. The van der Waals surface area contributed by atoms with Gasteiger partial charge in [0.2, 0.25) is 5.60 Å². The number of piperidine rings is 1. The summed E-state index contributed by atoms with van der Waals surface area (Å²) in [5, 5.41) is 0. The van der Waals surface area contributed by atoms with E-state index in [9.17, 15) is 44.7 Å². The number of carbonyl (C=O) groups excluding carboxylic acids is 2. The van der Waals surface area contributed by atoms with Crippen molar-refractivity contribution >= 4 is 11.8 Å². The van der Waals surface area contributed by atoms with Gasteiger partial charge in [0.15, 0.2) is 0 Å². The average molecular weight is 656 g/mol. The van der Waals surface area contributed by atoms with E-state index in [0.29, 0.717) is 6.07 Å². The molecule has 0 radical (unpaired) electrons. The first-order valence-corrected chi connectivity index (χ1v) is 14.6. The number of hydrogen-bond donors (Lipinski definition) is 0. The molecule has 3 aromatic rings. The summed E-state index contributed by atoms with van der Waals surface area (Å²) >= 11 is 0. The summed E-state index contributed by atoms with van der Waals surface area (Å²) in [6.07, 6.45) is -7.60. The number of carbonyl (C=O) groups is 2. The highest BCUT2D eigenvalue weighted by molar-refractivity contribution is 5.97. The van der Waals surface area contributed by atoms with Crippen molar-refractivity contribution in [2.45, 2.75) is 62.5 Å². The smallest absolute Gasteiger partial charge is 0.417 e. The van der Waals surface area contributed by atoms with Gasteiger partial charge in [-0.3, -0.25) is 14.6 Å². The van der Waals surface area contributed by atoms with E-state index in [4.69, 9.17) is 4.74 Å². The molecule has 3 heterocycles. The van der Waals surface area contributed by atoms with Gasteiger partial charge in [-0.15, -0.1) is 0 Å². The van der Waals surface area contributed by atoms with Crippen LogP contribution in [-0.2, 0) is 17.1 Å². The lowest BCUT2D eigenvalue weighted by Crippen LogP contribution is -2.67. The van der Waals surface area contributed by atoms with Crippen molar-refractivity contribution in [1.82, 2.24) is 14.8 Å². The number of alkyl halides is 6. The van der Waals surface area contributed by atoms with Crippen LogP contribution in [0.1, 0.15) is 65.6 Å². The molecule has 3 atom stereocenters. The van der Waals surface area contributed by atoms with Crippen molar-refractivity contribution in [2.75, 3.05) is 19.6 Å². The number of ether oxygens (including phenoxy) is 1. The van der Waals surface area contributed by atoms with Crippen molar-refractivity contribution in [3.63, 3.8) is 0 Å². The van der Waals surface area contributed by atoms with E-state index in [-0.39, 0.29) is 56.6 Å². The minimum atomic E-state index is -4.89. The summed E-state index contributed by atoms with van der Waals surface area (Å²) in [7, 11) is 0. The average Bonchev–Trinajstić information content (AvgIpc) is 3.49. The Balaban J connectivity index is 1.55. The summed E-state index contributed by atoms with van der Waals surface area (Å²) < 4.78 is 117. The highest BCUT2D eigenvalue weighted by atomic mass is 19.4. The second kappa shape index (κ2) is 12.5. The molecule has 0 N–H and O–H groups in total. The van der Waals surface area contributed by atoms with Crippen LogP contribution in [0.25, 0.3) is 0 Å². The van der Waals surface area contributed by atoms with Gasteiger partial charge in [0, 0.05) is 49.9 Å². The fourth-order valence-electron chi connectivity index (χ4n) is 6.53. The third-order valence-corrected chi connectivity index (χ3v) is 8.59. The molecule has 0 bridgehead atoms. The Morgan fingerprint density at radius 1 is 0.957 bits per heavy atom. The number of nitrogens with zero attached hydrogens (tertiary/aromatic N) is 3. The molecule has 0 aliphatic carbocycles. The van der Waals surface area contributed by atoms with Crippen molar-refractivity contribution in [2.24, 2.45) is 0 Å².